The van der Waals surface area contributed by atoms with Crippen molar-refractivity contribution < 1.29 is 4.43 Å². The number of hydrogen-bond acceptors (Lipinski definition) is 1. The van der Waals surface area contributed by atoms with Crippen molar-refractivity contribution in [2.24, 2.45) is 0 Å². The third-order valence-electron chi connectivity index (χ3n) is 3.23. The van der Waals surface area contributed by atoms with E-state index in [1.54, 1.807) is 0 Å². The van der Waals surface area contributed by atoms with E-state index in [1.807, 2.05) is 4.08 Å². The van der Waals surface area contributed by atoms with E-state index < -0.39 is 8.32 Å². The minimum absolute atomic E-state index is 0.681. The Labute approximate surface area is 110 Å². The molecule has 0 saturated carbocycles. The van der Waals surface area contributed by atoms with Crippen molar-refractivity contribution in [3.05, 3.63) is 10.2 Å². The van der Waals surface area contributed by atoms with Crippen LogP contribution in [0, 0.1) is 0 Å². The molecule has 0 rings (SSSR count). The topological polar surface area (TPSA) is 9.23 Å². The molecule has 0 aromatic carbocycles. The van der Waals surface area contributed by atoms with E-state index in [1.165, 1.54) is 0 Å². The molecule has 0 fully saturated rings. The van der Waals surface area contributed by atoms with Crippen LogP contribution in [0.2, 0.25) is 16.6 Å². The van der Waals surface area contributed by atoms with Gasteiger partial charge in [0.25, 0.3) is 0 Å². The van der Waals surface area contributed by atoms with Crippen molar-refractivity contribution in [2.45, 2.75) is 58.2 Å². The van der Waals surface area contributed by atoms with Gasteiger partial charge in [-0.05, 0) is 20.7 Å². The molecule has 0 aromatic rings. The van der Waals surface area contributed by atoms with Crippen molar-refractivity contribution in [3.63, 3.8) is 0 Å². The standard InChI is InChI=1S/C12H25IOSi/c1-10(2)15(11(3)4,12(5)6)14-9-7-8-13/h7-8,10-12H,9H2,1-6H3/b8-7+. The maximum atomic E-state index is 6.30. The largest absolute Gasteiger partial charge is 0.412 e. The number of hydrogen-bond donors (Lipinski definition) is 0. The average molecular weight is 340 g/mol. The summed E-state index contributed by atoms with van der Waals surface area (Å²) >= 11 is 2.25. The molecule has 0 bridgehead atoms. The summed E-state index contributed by atoms with van der Waals surface area (Å²) in [5, 5.41) is 0. The quantitative estimate of drug-likeness (QED) is 0.481. The number of halogens is 1. The highest BCUT2D eigenvalue weighted by Crippen LogP contribution is 2.42. The van der Waals surface area contributed by atoms with Gasteiger partial charge in [-0.1, -0.05) is 70.2 Å². The fourth-order valence-electron chi connectivity index (χ4n) is 2.73. The molecule has 0 aliphatic heterocycles. The van der Waals surface area contributed by atoms with Crippen LogP contribution in [0.15, 0.2) is 10.2 Å². The van der Waals surface area contributed by atoms with Gasteiger partial charge < -0.3 is 4.43 Å². The first-order valence-electron chi connectivity index (χ1n) is 5.78. The molecule has 1 nitrogen and oxygen atoms in total. The molecule has 0 unspecified atom stereocenters. The molecule has 15 heavy (non-hydrogen) atoms. The second kappa shape index (κ2) is 7.07. The molecule has 0 saturated heterocycles. The van der Waals surface area contributed by atoms with Crippen molar-refractivity contribution in [1.82, 2.24) is 0 Å². The van der Waals surface area contributed by atoms with Crippen LogP contribution >= 0.6 is 22.6 Å². The Hall–Kier alpha value is 0.647. The highest BCUT2D eigenvalue weighted by atomic mass is 127. The van der Waals surface area contributed by atoms with Gasteiger partial charge in [-0.25, -0.2) is 0 Å². The third kappa shape index (κ3) is 3.86. The van der Waals surface area contributed by atoms with Crippen LogP contribution in [0.3, 0.4) is 0 Å². The Morgan fingerprint density at radius 2 is 1.40 bits per heavy atom. The van der Waals surface area contributed by atoms with Crippen LogP contribution in [0.1, 0.15) is 41.5 Å². The van der Waals surface area contributed by atoms with E-state index in [2.05, 4.69) is 70.2 Å². The zero-order valence-corrected chi connectivity index (χ0v) is 14.0. The highest BCUT2D eigenvalue weighted by molar-refractivity contribution is 14.1. The molecule has 0 aliphatic rings. The van der Waals surface area contributed by atoms with Gasteiger partial charge in [0.2, 0.25) is 8.32 Å². The molecular formula is C12H25IOSi. The Bertz CT molecular complexity index is 178. The molecular weight excluding hydrogens is 315 g/mol. The molecule has 0 aromatic heterocycles. The summed E-state index contributed by atoms with van der Waals surface area (Å²) in [7, 11) is -1.62. The maximum Gasteiger partial charge on any atom is 0.200 e. The van der Waals surface area contributed by atoms with Crippen LogP contribution in [0.25, 0.3) is 0 Å². The van der Waals surface area contributed by atoms with Crippen molar-refractivity contribution in [2.75, 3.05) is 6.61 Å². The lowest BCUT2D eigenvalue weighted by molar-refractivity contribution is 0.316. The van der Waals surface area contributed by atoms with Crippen molar-refractivity contribution >= 4 is 30.9 Å². The minimum Gasteiger partial charge on any atom is -0.412 e. The van der Waals surface area contributed by atoms with Gasteiger partial charge >= 0.3 is 0 Å². The first-order valence-corrected chi connectivity index (χ1v) is 9.17. The summed E-state index contributed by atoms with van der Waals surface area (Å²) in [6.45, 7) is 14.7. The fourth-order valence-corrected chi connectivity index (χ4v) is 8.32. The average Bonchev–Trinajstić information content (AvgIpc) is 2.10. The number of rotatable bonds is 6. The van der Waals surface area contributed by atoms with Crippen LogP contribution < -0.4 is 0 Å². The summed E-state index contributed by atoms with van der Waals surface area (Å²) < 4.78 is 8.34. The summed E-state index contributed by atoms with van der Waals surface area (Å²) in [5.74, 6) is 0. The van der Waals surface area contributed by atoms with Gasteiger partial charge in [-0.3, -0.25) is 0 Å². The molecule has 0 radical (unpaired) electrons. The second-order valence-electron chi connectivity index (χ2n) is 4.99. The molecule has 0 spiro atoms. The Balaban J connectivity index is 4.80. The van der Waals surface area contributed by atoms with E-state index in [0.717, 1.165) is 6.61 Å². The van der Waals surface area contributed by atoms with E-state index in [9.17, 15) is 0 Å². The zero-order valence-electron chi connectivity index (χ0n) is 10.9. The molecule has 0 aliphatic carbocycles. The molecule has 90 valence electrons. The fraction of sp³-hybridized carbons (Fsp3) is 0.833. The van der Waals surface area contributed by atoms with Crippen molar-refractivity contribution in [3.8, 4) is 0 Å². The predicted molar refractivity (Wildman–Crippen MR) is 80.2 cm³/mol. The first-order chi connectivity index (χ1) is 6.89. The Kier molecular flexibility index (Phi) is 7.37. The monoisotopic (exact) mass is 340 g/mol. The molecule has 0 atom stereocenters. The van der Waals surface area contributed by atoms with Gasteiger partial charge in [0.05, 0.1) is 6.61 Å². The van der Waals surface area contributed by atoms with E-state index in [4.69, 9.17) is 4.43 Å². The summed E-state index contributed by atoms with van der Waals surface area (Å²) in [6.07, 6.45) is 2.11. The van der Waals surface area contributed by atoms with Gasteiger partial charge in [0.1, 0.15) is 0 Å². The molecule has 0 N–H and O–H groups in total. The van der Waals surface area contributed by atoms with Gasteiger partial charge in [-0.2, -0.15) is 0 Å². The smallest absolute Gasteiger partial charge is 0.200 e. The lowest BCUT2D eigenvalue weighted by atomic mass is 10.5. The molecule has 0 amide bonds. The third-order valence-corrected chi connectivity index (χ3v) is 9.82. The minimum atomic E-state index is -1.62. The van der Waals surface area contributed by atoms with Crippen LogP contribution in [0.4, 0.5) is 0 Å². The van der Waals surface area contributed by atoms with E-state index >= 15 is 0 Å². The normalized spacial score (nSPS) is 13.7. The lowest BCUT2D eigenvalue weighted by Crippen LogP contribution is -2.47. The van der Waals surface area contributed by atoms with Crippen LogP contribution in [0.5, 0.6) is 0 Å². The molecule has 0 heterocycles. The summed E-state index contributed by atoms with van der Waals surface area (Å²) in [4.78, 5) is 0. The Morgan fingerprint density at radius 3 is 1.67 bits per heavy atom. The second-order valence-corrected chi connectivity index (χ2v) is 11.2. The van der Waals surface area contributed by atoms with Crippen LogP contribution in [-0.4, -0.2) is 14.9 Å². The van der Waals surface area contributed by atoms with Gasteiger partial charge in [0.15, 0.2) is 0 Å². The molecule has 3 heteroatoms. The SMILES string of the molecule is CC(C)[Si](OC/C=C/I)(C(C)C)C(C)C. The van der Waals surface area contributed by atoms with E-state index in [-0.39, 0.29) is 0 Å². The Morgan fingerprint density at radius 1 is 1.00 bits per heavy atom. The van der Waals surface area contributed by atoms with Crippen LogP contribution in [-0.2, 0) is 4.43 Å². The zero-order chi connectivity index (χ0) is 12.1. The van der Waals surface area contributed by atoms with Gasteiger partial charge in [-0.15, -0.1) is 0 Å². The highest BCUT2D eigenvalue weighted by Gasteiger charge is 2.44. The first kappa shape index (κ1) is 15.6. The predicted octanol–water partition coefficient (Wildman–Crippen LogP) is 5.13. The lowest BCUT2D eigenvalue weighted by Gasteiger charge is -2.41. The van der Waals surface area contributed by atoms with E-state index in [0.29, 0.717) is 16.6 Å². The summed E-state index contributed by atoms with van der Waals surface area (Å²) in [5.41, 5.74) is 2.04. The van der Waals surface area contributed by atoms with Gasteiger partial charge in [0, 0.05) is 0 Å². The summed E-state index contributed by atoms with van der Waals surface area (Å²) in [6, 6.07) is 0. The van der Waals surface area contributed by atoms with Crippen molar-refractivity contribution in [1.29, 1.82) is 0 Å². The maximum absolute atomic E-state index is 6.30.